The van der Waals surface area contributed by atoms with Crippen molar-refractivity contribution >= 4 is 5.97 Å². The molecule has 0 aromatic heterocycles. The number of rotatable bonds is 4. The van der Waals surface area contributed by atoms with Crippen molar-refractivity contribution in [1.29, 1.82) is 0 Å². The van der Waals surface area contributed by atoms with Gasteiger partial charge in [-0.25, -0.2) is 0 Å². The molecule has 0 saturated heterocycles. The third-order valence-electron chi connectivity index (χ3n) is 3.13. The van der Waals surface area contributed by atoms with Crippen molar-refractivity contribution in [3.63, 3.8) is 0 Å². The highest BCUT2D eigenvalue weighted by Gasteiger charge is 2.27. The van der Waals surface area contributed by atoms with Crippen LogP contribution in [0.2, 0.25) is 0 Å². The Kier molecular flexibility index (Phi) is 4.33. The summed E-state index contributed by atoms with van der Waals surface area (Å²) in [6.45, 7) is 8.52. The second-order valence-corrected chi connectivity index (χ2v) is 5.38. The van der Waals surface area contributed by atoms with E-state index in [0.717, 1.165) is 0 Å². The number of benzene rings is 1. The molecular formula is C15H22O2. The fourth-order valence-corrected chi connectivity index (χ4v) is 2.15. The molecule has 0 saturated carbocycles. The zero-order valence-electron chi connectivity index (χ0n) is 11.4. The summed E-state index contributed by atoms with van der Waals surface area (Å²) in [5.74, 6) is 0.302. The highest BCUT2D eigenvalue weighted by Crippen LogP contribution is 2.33. The van der Waals surface area contributed by atoms with E-state index in [1.807, 2.05) is 12.1 Å². The molecule has 0 spiro atoms. The van der Waals surface area contributed by atoms with E-state index in [4.69, 9.17) is 4.74 Å². The molecule has 0 atom stereocenters. The predicted octanol–water partition coefficient (Wildman–Crippen LogP) is 3.65. The van der Waals surface area contributed by atoms with Gasteiger partial charge in [-0.1, -0.05) is 52.0 Å². The van der Waals surface area contributed by atoms with Gasteiger partial charge < -0.3 is 4.74 Å². The monoisotopic (exact) mass is 234 g/mol. The Hall–Kier alpha value is -1.31. The molecule has 0 fully saturated rings. The number of carbonyl (C=O) groups is 1. The zero-order valence-corrected chi connectivity index (χ0v) is 11.4. The van der Waals surface area contributed by atoms with Gasteiger partial charge in [-0.2, -0.15) is 0 Å². The lowest BCUT2D eigenvalue weighted by atomic mass is 9.77. The summed E-state index contributed by atoms with van der Waals surface area (Å²) in [6, 6.07) is 8.32. The van der Waals surface area contributed by atoms with Crippen molar-refractivity contribution in [3.8, 4) is 0 Å². The van der Waals surface area contributed by atoms with E-state index >= 15 is 0 Å². The summed E-state index contributed by atoms with van der Waals surface area (Å²) in [5.41, 5.74) is 2.36. The molecule has 0 heterocycles. The van der Waals surface area contributed by atoms with Crippen molar-refractivity contribution in [2.45, 2.75) is 45.4 Å². The number of hydrogen-bond acceptors (Lipinski definition) is 2. The van der Waals surface area contributed by atoms with Gasteiger partial charge in [-0.15, -0.1) is 0 Å². The van der Waals surface area contributed by atoms with Crippen LogP contribution in [0.1, 0.15) is 51.2 Å². The number of methoxy groups -OCH3 is 1. The predicted molar refractivity (Wildman–Crippen MR) is 70.2 cm³/mol. The average molecular weight is 234 g/mol. The van der Waals surface area contributed by atoms with Crippen molar-refractivity contribution in [1.82, 2.24) is 0 Å². The van der Waals surface area contributed by atoms with Gasteiger partial charge in [0.2, 0.25) is 0 Å². The number of esters is 1. The van der Waals surface area contributed by atoms with Gasteiger partial charge in [0.25, 0.3) is 0 Å². The van der Waals surface area contributed by atoms with E-state index in [0.29, 0.717) is 12.3 Å². The van der Waals surface area contributed by atoms with Gasteiger partial charge in [-0.05, 0) is 17.0 Å². The molecule has 17 heavy (non-hydrogen) atoms. The van der Waals surface area contributed by atoms with Crippen LogP contribution in [0, 0.1) is 0 Å². The summed E-state index contributed by atoms with van der Waals surface area (Å²) in [6.07, 6.45) is 0.410. The SMILES string of the molecule is COC(=O)CC(C)(C)c1ccccc1C(C)C. The van der Waals surface area contributed by atoms with E-state index in [9.17, 15) is 4.79 Å². The van der Waals surface area contributed by atoms with Gasteiger partial charge in [0.1, 0.15) is 0 Å². The first-order valence-electron chi connectivity index (χ1n) is 6.04. The summed E-state index contributed by atoms with van der Waals surface area (Å²) < 4.78 is 4.77. The Morgan fingerprint density at radius 2 is 1.88 bits per heavy atom. The first kappa shape index (κ1) is 13.8. The van der Waals surface area contributed by atoms with Crippen LogP contribution in [-0.2, 0) is 14.9 Å². The molecule has 0 amide bonds. The molecule has 1 aromatic rings. The third kappa shape index (κ3) is 3.32. The maximum atomic E-state index is 11.5. The van der Waals surface area contributed by atoms with E-state index in [-0.39, 0.29) is 11.4 Å². The second kappa shape index (κ2) is 5.35. The fraction of sp³-hybridized carbons (Fsp3) is 0.533. The molecule has 0 N–H and O–H groups in total. The first-order valence-corrected chi connectivity index (χ1v) is 6.04. The molecule has 0 unspecified atom stereocenters. The van der Waals surface area contributed by atoms with Crippen LogP contribution in [0.4, 0.5) is 0 Å². The maximum absolute atomic E-state index is 11.5. The van der Waals surface area contributed by atoms with Gasteiger partial charge in [0, 0.05) is 5.41 Å². The topological polar surface area (TPSA) is 26.3 Å². The second-order valence-electron chi connectivity index (χ2n) is 5.38. The van der Waals surface area contributed by atoms with Crippen molar-refractivity contribution in [2.75, 3.05) is 7.11 Å². The van der Waals surface area contributed by atoms with Crippen LogP contribution in [-0.4, -0.2) is 13.1 Å². The number of hydrogen-bond donors (Lipinski definition) is 0. The minimum Gasteiger partial charge on any atom is -0.469 e. The largest absolute Gasteiger partial charge is 0.469 e. The smallest absolute Gasteiger partial charge is 0.306 e. The van der Waals surface area contributed by atoms with Gasteiger partial charge in [-0.3, -0.25) is 4.79 Å². The van der Waals surface area contributed by atoms with Crippen LogP contribution in [0.25, 0.3) is 0 Å². The van der Waals surface area contributed by atoms with E-state index < -0.39 is 0 Å². The minimum atomic E-state index is -0.187. The average Bonchev–Trinajstić information content (AvgIpc) is 2.28. The van der Waals surface area contributed by atoms with Crippen LogP contribution in [0.3, 0.4) is 0 Å². The van der Waals surface area contributed by atoms with Crippen LogP contribution < -0.4 is 0 Å². The molecule has 0 aliphatic carbocycles. The van der Waals surface area contributed by atoms with Crippen LogP contribution in [0.15, 0.2) is 24.3 Å². The molecule has 0 aliphatic rings. The standard InChI is InChI=1S/C15H22O2/c1-11(2)12-8-6-7-9-13(12)15(3,4)10-14(16)17-5/h6-9,11H,10H2,1-5H3. The molecule has 94 valence electrons. The quantitative estimate of drug-likeness (QED) is 0.743. The van der Waals surface area contributed by atoms with Crippen molar-refractivity contribution in [3.05, 3.63) is 35.4 Å². The highest BCUT2D eigenvalue weighted by atomic mass is 16.5. The summed E-state index contributed by atoms with van der Waals surface area (Å²) in [5, 5.41) is 0. The minimum absolute atomic E-state index is 0.159. The third-order valence-corrected chi connectivity index (χ3v) is 3.13. The van der Waals surface area contributed by atoms with Gasteiger partial charge >= 0.3 is 5.97 Å². The summed E-state index contributed by atoms with van der Waals surface area (Å²) >= 11 is 0. The molecule has 1 aromatic carbocycles. The number of ether oxygens (including phenoxy) is 1. The summed E-state index contributed by atoms with van der Waals surface area (Å²) in [4.78, 5) is 11.5. The molecule has 2 nitrogen and oxygen atoms in total. The van der Waals surface area contributed by atoms with Crippen LogP contribution in [0.5, 0.6) is 0 Å². The van der Waals surface area contributed by atoms with Crippen molar-refractivity contribution < 1.29 is 9.53 Å². The van der Waals surface area contributed by atoms with Crippen LogP contribution >= 0.6 is 0 Å². The Morgan fingerprint density at radius 1 is 1.29 bits per heavy atom. The molecule has 0 aliphatic heterocycles. The van der Waals surface area contributed by atoms with Crippen molar-refractivity contribution in [2.24, 2.45) is 0 Å². The van der Waals surface area contributed by atoms with E-state index in [1.165, 1.54) is 18.2 Å². The Bertz CT molecular complexity index is 392. The van der Waals surface area contributed by atoms with E-state index in [2.05, 4.69) is 39.8 Å². The maximum Gasteiger partial charge on any atom is 0.306 e. The highest BCUT2D eigenvalue weighted by molar-refractivity contribution is 5.71. The first-order chi connectivity index (χ1) is 7.88. The lowest BCUT2D eigenvalue weighted by Gasteiger charge is -2.28. The Morgan fingerprint density at radius 3 is 2.41 bits per heavy atom. The molecule has 0 bridgehead atoms. The normalized spacial score (nSPS) is 11.6. The van der Waals surface area contributed by atoms with Gasteiger partial charge in [0.05, 0.1) is 13.5 Å². The molecule has 0 radical (unpaired) electrons. The van der Waals surface area contributed by atoms with Gasteiger partial charge in [0.15, 0.2) is 0 Å². The molecular weight excluding hydrogens is 212 g/mol. The fourth-order valence-electron chi connectivity index (χ4n) is 2.15. The molecule has 1 rings (SSSR count). The Balaban J connectivity index is 3.09. The number of carbonyl (C=O) groups excluding carboxylic acids is 1. The lowest BCUT2D eigenvalue weighted by Crippen LogP contribution is -2.24. The Labute approximate surface area is 104 Å². The summed E-state index contributed by atoms with van der Waals surface area (Å²) in [7, 11) is 1.44. The van der Waals surface area contributed by atoms with E-state index in [1.54, 1.807) is 0 Å². The zero-order chi connectivity index (χ0) is 13.1. The molecule has 2 heteroatoms. The lowest BCUT2D eigenvalue weighted by molar-refractivity contribution is -0.141.